The molecular weight excluding hydrogens is 190 g/mol. The summed E-state index contributed by atoms with van der Waals surface area (Å²) in [4.78, 5) is 6.45. The minimum absolute atomic E-state index is 0.262. The molecule has 0 aliphatic carbocycles. The predicted molar refractivity (Wildman–Crippen MR) is 60.9 cm³/mol. The number of anilines is 2. The van der Waals surface area contributed by atoms with Crippen molar-refractivity contribution in [2.24, 2.45) is 0 Å². The lowest BCUT2D eigenvalue weighted by Crippen LogP contribution is -2.37. The van der Waals surface area contributed by atoms with E-state index in [-0.39, 0.29) is 6.10 Å². The zero-order valence-electron chi connectivity index (χ0n) is 9.18. The smallest absolute Gasteiger partial charge is 0.131 e. The average molecular weight is 207 g/mol. The summed E-state index contributed by atoms with van der Waals surface area (Å²) in [7, 11) is 2.04. The zero-order chi connectivity index (χ0) is 10.8. The van der Waals surface area contributed by atoms with Gasteiger partial charge in [-0.25, -0.2) is 4.98 Å². The second kappa shape index (κ2) is 4.06. The Kier molecular flexibility index (Phi) is 2.77. The van der Waals surface area contributed by atoms with Crippen LogP contribution in [-0.2, 0) is 4.74 Å². The molecule has 0 bridgehead atoms. The molecule has 0 aromatic carbocycles. The topological polar surface area (TPSA) is 51.4 Å². The van der Waals surface area contributed by atoms with Crippen LogP contribution < -0.4 is 10.6 Å². The second-order valence-corrected chi connectivity index (χ2v) is 3.96. The third kappa shape index (κ3) is 2.04. The monoisotopic (exact) mass is 207 g/mol. The van der Waals surface area contributed by atoms with E-state index in [2.05, 4.69) is 16.8 Å². The molecule has 0 radical (unpaired) electrons. The van der Waals surface area contributed by atoms with Crippen LogP contribution in [0.5, 0.6) is 0 Å². The molecule has 2 atom stereocenters. The van der Waals surface area contributed by atoms with Crippen molar-refractivity contribution in [1.29, 1.82) is 0 Å². The molecule has 15 heavy (non-hydrogen) atoms. The van der Waals surface area contributed by atoms with Gasteiger partial charge in [-0.15, -0.1) is 0 Å². The molecule has 1 saturated heterocycles. The Morgan fingerprint density at radius 2 is 2.33 bits per heavy atom. The van der Waals surface area contributed by atoms with Crippen molar-refractivity contribution in [3.63, 3.8) is 0 Å². The molecule has 0 spiro atoms. The van der Waals surface area contributed by atoms with E-state index in [0.29, 0.717) is 11.9 Å². The van der Waals surface area contributed by atoms with Gasteiger partial charge in [0.05, 0.1) is 12.1 Å². The zero-order valence-corrected chi connectivity index (χ0v) is 9.18. The van der Waals surface area contributed by atoms with Crippen molar-refractivity contribution in [2.45, 2.75) is 25.5 Å². The molecule has 1 aromatic rings. The van der Waals surface area contributed by atoms with Crippen LogP contribution in [-0.4, -0.2) is 30.8 Å². The number of nitrogens with zero attached hydrogens (tertiary/aromatic N) is 2. The molecule has 1 aliphatic rings. The number of nitrogens with two attached hydrogens (primary N) is 1. The quantitative estimate of drug-likeness (QED) is 0.793. The molecular formula is C11H17N3O. The summed E-state index contributed by atoms with van der Waals surface area (Å²) in [5.41, 5.74) is 5.66. The first kappa shape index (κ1) is 10.2. The number of likely N-dealkylation sites (N-methyl/N-ethyl adjacent to an activating group) is 1. The second-order valence-electron chi connectivity index (χ2n) is 3.96. The van der Waals surface area contributed by atoms with Crippen LogP contribution >= 0.6 is 0 Å². The van der Waals surface area contributed by atoms with Crippen molar-refractivity contribution < 1.29 is 4.74 Å². The highest BCUT2D eigenvalue weighted by molar-refractivity contribution is 5.45. The lowest BCUT2D eigenvalue weighted by Gasteiger charge is -2.27. The lowest BCUT2D eigenvalue weighted by atomic mass is 10.1. The summed E-state index contributed by atoms with van der Waals surface area (Å²) in [6.45, 7) is 2.93. The van der Waals surface area contributed by atoms with E-state index in [1.165, 1.54) is 0 Å². The SMILES string of the molecule is CC1OCCC1N(C)c1cccc(N)n1. The molecule has 1 aliphatic heterocycles. The number of hydrogen-bond donors (Lipinski definition) is 1. The number of nitrogen functional groups attached to an aromatic ring is 1. The van der Waals surface area contributed by atoms with E-state index >= 15 is 0 Å². The minimum atomic E-state index is 0.262. The number of ether oxygens (including phenoxy) is 1. The predicted octanol–water partition coefficient (Wildman–Crippen LogP) is 1.28. The Bertz CT molecular complexity index is 342. The molecule has 0 saturated carbocycles. The van der Waals surface area contributed by atoms with Crippen LogP contribution in [0.3, 0.4) is 0 Å². The fourth-order valence-electron chi connectivity index (χ4n) is 2.03. The van der Waals surface area contributed by atoms with Gasteiger partial charge in [-0.05, 0) is 25.5 Å². The highest BCUT2D eigenvalue weighted by Crippen LogP contribution is 2.23. The number of pyridine rings is 1. The van der Waals surface area contributed by atoms with E-state index < -0.39 is 0 Å². The maximum atomic E-state index is 5.66. The fourth-order valence-corrected chi connectivity index (χ4v) is 2.03. The van der Waals surface area contributed by atoms with Crippen LogP contribution in [0.2, 0.25) is 0 Å². The molecule has 2 unspecified atom stereocenters. The Hall–Kier alpha value is -1.29. The number of aromatic nitrogens is 1. The van der Waals surface area contributed by atoms with Gasteiger partial charge in [0.15, 0.2) is 0 Å². The first-order valence-corrected chi connectivity index (χ1v) is 5.25. The maximum absolute atomic E-state index is 5.66. The van der Waals surface area contributed by atoms with Gasteiger partial charge in [-0.1, -0.05) is 6.07 Å². The van der Waals surface area contributed by atoms with Gasteiger partial charge in [0.1, 0.15) is 11.6 Å². The molecule has 0 amide bonds. The van der Waals surface area contributed by atoms with E-state index in [1.807, 2.05) is 19.2 Å². The summed E-state index contributed by atoms with van der Waals surface area (Å²) in [5, 5.41) is 0. The van der Waals surface area contributed by atoms with Gasteiger partial charge in [0.25, 0.3) is 0 Å². The normalized spacial score (nSPS) is 25.5. The van der Waals surface area contributed by atoms with Crippen LogP contribution in [0, 0.1) is 0 Å². The summed E-state index contributed by atoms with van der Waals surface area (Å²) >= 11 is 0. The highest BCUT2D eigenvalue weighted by Gasteiger charge is 2.28. The summed E-state index contributed by atoms with van der Waals surface area (Å²) < 4.78 is 5.54. The summed E-state index contributed by atoms with van der Waals surface area (Å²) in [5.74, 6) is 1.48. The van der Waals surface area contributed by atoms with Crippen LogP contribution in [0.15, 0.2) is 18.2 Å². The fraction of sp³-hybridized carbons (Fsp3) is 0.545. The van der Waals surface area contributed by atoms with Crippen molar-refractivity contribution >= 4 is 11.6 Å². The van der Waals surface area contributed by atoms with Crippen molar-refractivity contribution in [2.75, 3.05) is 24.3 Å². The van der Waals surface area contributed by atoms with E-state index in [9.17, 15) is 0 Å². The van der Waals surface area contributed by atoms with Crippen molar-refractivity contribution in [3.8, 4) is 0 Å². The third-order valence-electron chi connectivity index (χ3n) is 2.95. The molecule has 2 rings (SSSR count). The van der Waals surface area contributed by atoms with Gasteiger partial charge in [-0.3, -0.25) is 0 Å². The molecule has 2 N–H and O–H groups in total. The molecule has 4 heteroatoms. The van der Waals surface area contributed by atoms with Gasteiger partial charge in [0.2, 0.25) is 0 Å². The Morgan fingerprint density at radius 3 is 2.93 bits per heavy atom. The Morgan fingerprint density at radius 1 is 1.53 bits per heavy atom. The van der Waals surface area contributed by atoms with Crippen molar-refractivity contribution in [1.82, 2.24) is 4.98 Å². The number of rotatable bonds is 2. The van der Waals surface area contributed by atoms with E-state index in [0.717, 1.165) is 18.8 Å². The Labute approximate surface area is 90.0 Å². The van der Waals surface area contributed by atoms with Gasteiger partial charge in [0, 0.05) is 13.7 Å². The summed E-state index contributed by atoms with van der Waals surface area (Å²) in [6.07, 6.45) is 1.31. The molecule has 1 aromatic heterocycles. The molecule has 1 fully saturated rings. The first-order valence-electron chi connectivity index (χ1n) is 5.25. The average Bonchev–Trinajstić information content (AvgIpc) is 2.63. The van der Waals surface area contributed by atoms with E-state index in [4.69, 9.17) is 10.5 Å². The van der Waals surface area contributed by atoms with Crippen molar-refractivity contribution in [3.05, 3.63) is 18.2 Å². The van der Waals surface area contributed by atoms with Gasteiger partial charge in [-0.2, -0.15) is 0 Å². The maximum Gasteiger partial charge on any atom is 0.131 e. The third-order valence-corrected chi connectivity index (χ3v) is 2.95. The molecule has 2 heterocycles. The Balaban J connectivity index is 2.16. The summed E-state index contributed by atoms with van der Waals surface area (Å²) in [6, 6.07) is 6.10. The standard InChI is InChI=1S/C11H17N3O/c1-8-9(6-7-15-8)14(2)11-5-3-4-10(12)13-11/h3-5,8-9H,6-7H2,1-2H3,(H2,12,13). The van der Waals surface area contributed by atoms with Gasteiger partial charge < -0.3 is 15.4 Å². The van der Waals surface area contributed by atoms with Crippen LogP contribution in [0.4, 0.5) is 11.6 Å². The first-order chi connectivity index (χ1) is 7.18. The van der Waals surface area contributed by atoms with Crippen LogP contribution in [0.1, 0.15) is 13.3 Å². The van der Waals surface area contributed by atoms with Crippen LogP contribution in [0.25, 0.3) is 0 Å². The number of hydrogen-bond acceptors (Lipinski definition) is 4. The largest absolute Gasteiger partial charge is 0.384 e. The minimum Gasteiger partial charge on any atom is -0.384 e. The molecule has 82 valence electrons. The highest BCUT2D eigenvalue weighted by atomic mass is 16.5. The van der Waals surface area contributed by atoms with E-state index in [1.54, 1.807) is 6.07 Å². The lowest BCUT2D eigenvalue weighted by molar-refractivity contribution is 0.118. The molecule has 4 nitrogen and oxygen atoms in total. The van der Waals surface area contributed by atoms with Gasteiger partial charge >= 0.3 is 0 Å².